The molecule has 4 aromatic rings. The highest BCUT2D eigenvalue weighted by atomic mass is 32.1. The molecule has 2 aromatic heterocycles. The van der Waals surface area contributed by atoms with Crippen LogP contribution in [-0.4, -0.2) is 52.4 Å². The highest BCUT2D eigenvalue weighted by Gasteiger charge is 2.29. The van der Waals surface area contributed by atoms with E-state index in [0.29, 0.717) is 45.9 Å². The Bertz CT molecular complexity index is 1420. The fourth-order valence-corrected chi connectivity index (χ4v) is 4.63. The fraction of sp³-hybridized carbons (Fsp3) is 0.292. The van der Waals surface area contributed by atoms with Crippen LogP contribution in [-0.2, 0) is 14.4 Å². The summed E-state index contributed by atoms with van der Waals surface area (Å²) in [6.45, 7) is 1.92. The summed E-state index contributed by atoms with van der Waals surface area (Å²) in [5, 5.41) is 10.8. The van der Waals surface area contributed by atoms with Gasteiger partial charge >= 0.3 is 6.03 Å². The van der Waals surface area contributed by atoms with Crippen LogP contribution >= 0.6 is 11.3 Å². The number of carbonyl (C=O) groups excluding carboxylic acids is 2. The first-order valence-electron chi connectivity index (χ1n) is 11.6. The molecule has 1 fully saturated rings. The molecule has 3 amide bonds. The molecule has 13 heteroatoms. The third-order valence-electron chi connectivity index (χ3n) is 5.53. The number of nitrogens with two attached hydrogens (primary N) is 1. The Morgan fingerprint density at radius 2 is 1.86 bits per heavy atom. The molecule has 0 aliphatic heterocycles. The van der Waals surface area contributed by atoms with E-state index in [-0.39, 0.29) is 18.5 Å². The summed E-state index contributed by atoms with van der Waals surface area (Å²) in [4.78, 5) is 38.5. The van der Waals surface area contributed by atoms with Gasteiger partial charge in [-0.25, -0.2) is 14.7 Å². The van der Waals surface area contributed by atoms with Crippen molar-refractivity contribution in [3.63, 3.8) is 0 Å². The molecule has 12 nitrogen and oxygen atoms in total. The number of nitrogens with zero attached hydrogens (tertiary/aromatic N) is 5. The smallest absolute Gasteiger partial charge is 0.325 e. The first-order valence-corrected chi connectivity index (χ1v) is 12.4. The van der Waals surface area contributed by atoms with Crippen molar-refractivity contribution in [3.8, 4) is 11.5 Å². The molecule has 5 rings (SSSR count). The normalized spacial score (nSPS) is 13.0. The highest BCUT2D eigenvalue weighted by Crippen LogP contribution is 2.43. The molecule has 3 N–H and O–H groups in total. The number of urea groups is 1. The minimum Gasteiger partial charge on any atom is -0.457 e. The minimum atomic E-state index is -0.640. The monoisotopic (exact) mass is 523 g/mol. The van der Waals surface area contributed by atoms with E-state index in [9.17, 15) is 9.59 Å². The maximum Gasteiger partial charge on any atom is 0.325 e. The number of carbonyl (C=O) groups is 2. The van der Waals surface area contributed by atoms with E-state index in [1.54, 1.807) is 49.6 Å². The molecule has 0 radical (unpaired) electrons. The Balaban J connectivity index is 1.31. The van der Waals surface area contributed by atoms with E-state index < -0.39 is 6.03 Å². The molecule has 0 atom stereocenters. The SMILES string of the molecule is COCCON(C(C)=O)c1nc2ccc(Oc3ccc(N(C(N)=O)c4nnc(C5CC5)s4)cc3)cc2[nH]1. The number of aromatic nitrogens is 4. The van der Waals surface area contributed by atoms with Crippen LogP contribution in [0.15, 0.2) is 42.5 Å². The Kier molecular flexibility index (Phi) is 6.99. The van der Waals surface area contributed by atoms with Crippen molar-refractivity contribution >= 4 is 51.1 Å². The van der Waals surface area contributed by atoms with E-state index in [0.717, 1.165) is 22.9 Å². The number of hydrogen-bond acceptors (Lipinski definition) is 9. The average molecular weight is 524 g/mol. The summed E-state index contributed by atoms with van der Waals surface area (Å²) in [5.41, 5.74) is 7.50. The molecule has 37 heavy (non-hydrogen) atoms. The standard InChI is InChI=1S/C24H25N7O5S/c1-14(32)31(35-12-11-34-2)23-26-19-10-9-18(13-20(19)27-23)36-17-7-5-16(6-8-17)30(22(25)33)24-29-28-21(37-24)15-3-4-15/h5-10,13,15H,3-4,11-12H2,1-2H3,(H2,25,33)(H,26,27). The number of anilines is 3. The van der Waals surface area contributed by atoms with Crippen molar-refractivity contribution in [2.45, 2.75) is 25.7 Å². The summed E-state index contributed by atoms with van der Waals surface area (Å²) in [5.74, 6) is 1.47. The molecule has 0 unspecified atom stereocenters. The fourth-order valence-electron chi connectivity index (χ4n) is 3.59. The Morgan fingerprint density at radius 1 is 1.11 bits per heavy atom. The lowest BCUT2D eigenvalue weighted by Crippen LogP contribution is -2.31. The summed E-state index contributed by atoms with van der Waals surface area (Å²) in [6, 6.07) is 11.6. The van der Waals surface area contributed by atoms with Gasteiger partial charge in [-0.1, -0.05) is 11.3 Å². The maximum absolute atomic E-state index is 12.2. The molecule has 1 aliphatic carbocycles. The first kappa shape index (κ1) is 24.6. The zero-order valence-electron chi connectivity index (χ0n) is 20.2. The van der Waals surface area contributed by atoms with Gasteiger partial charge in [0.2, 0.25) is 17.0 Å². The molecule has 0 bridgehead atoms. The number of benzene rings is 2. The number of nitrogens with one attached hydrogen (secondary N) is 1. The molecular formula is C24H25N7O5S. The largest absolute Gasteiger partial charge is 0.457 e. The van der Waals surface area contributed by atoms with Crippen LogP contribution in [0.25, 0.3) is 11.0 Å². The molecule has 1 saturated carbocycles. The van der Waals surface area contributed by atoms with Gasteiger partial charge in [-0.15, -0.1) is 10.2 Å². The third kappa shape index (κ3) is 5.53. The predicted octanol–water partition coefficient (Wildman–Crippen LogP) is 4.23. The lowest BCUT2D eigenvalue weighted by Gasteiger charge is -2.17. The molecule has 2 heterocycles. The molecule has 0 spiro atoms. The summed E-state index contributed by atoms with van der Waals surface area (Å²) in [6.07, 6.45) is 2.19. The van der Waals surface area contributed by atoms with Crippen molar-refractivity contribution in [1.82, 2.24) is 20.2 Å². The number of imidazole rings is 1. The van der Waals surface area contributed by atoms with Crippen molar-refractivity contribution < 1.29 is 23.9 Å². The molecular weight excluding hydrogens is 498 g/mol. The van der Waals surface area contributed by atoms with Crippen LogP contribution in [0.5, 0.6) is 11.5 Å². The van der Waals surface area contributed by atoms with Gasteiger partial charge in [-0.2, -0.15) is 5.06 Å². The van der Waals surface area contributed by atoms with Gasteiger partial charge in [0.1, 0.15) is 16.5 Å². The van der Waals surface area contributed by atoms with Crippen molar-refractivity contribution in [2.24, 2.45) is 5.73 Å². The lowest BCUT2D eigenvalue weighted by atomic mass is 10.2. The number of primary amides is 1. The van der Waals surface area contributed by atoms with Gasteiger partial charge in [-0.05, 0) is 49.2 Å². The van der Waals surface area contributed by atoms with Crippen LogP contribution in [0.2, 0.25) is 0 Å². The van der Waals surface area contributed by atoms with Crippen LogP contribution in [0.1, 0.15) is 30.7 Å². The van der Waals surface area contributed by atoms with Gasteiger partial charge in [-0.3, -0.25) is 9.63 Å². The van der Waals surface area contributed by atoms with Gasteiger partial charge in [0.05, 0.1) is 29.9 Å². The maximum atomic E-state index is 12.2. The zero-order chi connectivity index (χ0) is 25.9. The van der Waals surface area contributed by atoms with Crippen LogP contribution in [0.3, 0.4) is 0 Å². The number of fused-ring (bicyclic) bond motifs is 1. The zero-order valence-corrected chi connectivity index (χ0v) is 21.0. The average Bonchev–Trinajstić information content (AvgIpc) is 3.46. The Labute approximate surface area is 215 Å². The summed E-state index contributed by atoms with van der Waals surface area (Å²) < 4.78 is 11.0. The third-order valence-corrected chi connectivity index (χ3v) is 6.60. The summed E-state index contributed by atoms with van der Waals surface area (Å²) in [7, 11) is 1.55. The quantitative estimate of drug-likeness (QED) is 0.232. The van der Waals surface area contributed by atoms with Crippen LogP contribution in [0.4, 0.5) is 21.6 Å². The number of aromatic amines is 1. The molecule has 2 aromatic carbocycles. The molecule has 192 valence electrons. The number of rotatable bonds is 10. The van der Waals surface area contributed by atoms with Crippen LogP contribution in [0, 0.1) is 0 Å². The number of hydrogen-bond donors (Lipinski definition) is 2. The van der Waals surface area contributed by atoms with Crippen molar-refractivity contribution in [3.05, 3.63) is 47.5 Å². The predicted molar refractivity (Wildman–Crippen MR) is 137 cm³/mol. The van der Waals surface area contributed by atoms with Crippen molar-refractivity contribution in [2.75, 3.05) is 30.3 Å². The van der Waals surface area contributed by atoms with E-state index in [1.165, 1.54) is 23.2 Å². The lowest BCUT2D eigenvalue weighted by molar-refractivity contribution is -0.124. The number of hydroxylamine groups is 1. The van der Waals surface area contributed by atoms with Crippen LogP contribution < -0.4 is 20.4 Å². The van der Waals surface area contributed by atoms with E-state index in [1.807, 2.05) is 0 Å². The van der Waals surface area contributed by atoms with Gasteiger partial charge in [0.25, 0.3) is 0 Å². The number of ether oxygens (including phenoxy) is 2. The topological polar surface area (TPSA) is 149 Å². The van der Waals surface area contributed by atoms with Crippen molar-refractivity contribution in [1.29, 1.82) is 0 Å². The highest BCUT2D eigenvalue weighted by molar-refractivity contribution is 7.15. The van der Waals surface area contributed by atoms with Gasteiger partial charge in [0.15, 0.2) is 0 Å². The van der Waals surface area contributed by atoms with E-state index in [4.69, 9.17) is 20.0 Å². The second kappa shape index (κ2) is 10.5. The number of H-pyrrole nitrogens is 1. The second-order valence-corrected chi connectivity index (χ2v) is 9.33. The van der Waals surface area contributed by atoms with Gasteiger partial charge < -0.3 is 20.2 Å². The Morgan fingerprint density at radius 3 is 2.54 bits per heavy atom. The number of amides is 3. The summed E-state index contributed by atoms with van der Waals surface area (Å²) >= 11 is 1.38. The molecule has 1 aliphatic rings. The minimum absolute atomic E-state index is 0.200. The number of methoxy groups -OCH3 is 1. The van der Waals surface area contributed by atoms with E-state index in [2.05, 4.69) is 20.2 Å². The Hall–Kier alpha value is -4.07. The van der Waals surface area contributed by atoms with Gasteiger partial charge in [0, 0.05) is 26.0 Å². The molecule has 0 saturated heterocycles. The van der Waals surface area contributed by atoms with E-state index >= 15 is 0 Å². The first-order chi connectivity index (χ1) is 17.9. The second-order valence-electron chi connectivity index (χ2n) is 8.35.